The second-order valence-corrected chi connectivity index (χ2v) is 6.79. The van der Waals surface area contributed by atoms with Crippen molar-refractivity contribution in [3.63, 3.8) is 0 Å². The summed E-state index contributed by atoms with van der Waals surface area (Å²) in [6.45, 7) is 0. The van der Waals surface area contributed by atoms with E-state index < -0.39 is 37.2 Å². The maximum atomic E-state index is 12.5. The summed E-state index contributed by atoms with van der Waals surface area (Å²) in [6.07, 6.45) is 0.740. The lowest BCUT2D eigenvalue weighted by Crippen LogP contribution is -2.23. The number of pyridine rings is 1. The Morgan fingerprint density at radius 3 is 2.25 bits per heavy atom. The number of rotatable bonds is 4. The second kappa shape index (κ2) is 4.44. The van der Waals surface area contributed by atoms with Gasteiger partial charge in [0.05, 0.1) is 17.7 Å². The van der Waals surface area contributed by atoms with E-state index in [0.29, 0.717) is 0 Å². The zero-order valence-electron chi connectivity index (χ0n) is 8.00. The van der Waals surface area contributed by atoms with Crippen molar-refractivity contribution < 1.29 is 21.2 Å². The highest BCUT2D eigenvalue weighted by atomic mass is 32.2. The molecule has 0 unspecified atom stereocenters. The first kappa shape index (κ1) is 13.0. The lowest BCUT2D eigenvalue weighted by atomic mass is 10.5. The Morgan fingerprint density at radius 1 is 1.19 bits per heavy atom. The van der Waals surface area contributed by atoms with Crippen molar-refractivity contribution in [1.82, 2.24) is 4.98 Å². The van der Waals surface area contributed by atoms with Crippen LogP contribution in [0.25, 0.3) is 0 Å². The summed E-state index contributed by atoms with van der Waals surface area (Å²) < 4.78 is 56.6. The van der Waals surface area contributed by atoms with E-state index in [1.807, 2.05) is 0 Å². The monoisotopic (exact) mass is 268 g/mol. The first-order chi connectivity index (χ1) is 7.21. The fraction of sp³-hybridized carbons (Fsp3) is 0.286. The summed E-state index contributed by atoms with van der Waals surface area (Å²) >= 11 is 0. The number of hydrogen-bond donors (Lipinski definition) is 1. The average Bonchev–Trinajstić information content (AvgIpc) is 2.15. The molecule has 1 aromatic heterocycles. The molecule has 90 valence electrons. The highest BCUT2D eigenvalue weighted by Crippen LogP contribution is 2.08. The molecule has 0 radical (unpaired) electrons. The van der Waals surface area contributed by atoms with E-state index in [9.17, 15) is 21.2 Å². The van der Waals surface area contributed by atoms with Crippen molar-refractivity contribution in [3.05, 3.63) is 24.1 Å². The molecular weight excluding hydrogens is 259 g/mol. The van der Waals surface area contributed by atoms with Crippen LogP contribution in [0.1, 0.15) is 0 Å². The highest BCUT2D eigenvalue weighted by molar-refractivity contribution is 7.94. The molecule has 16 heavy (non-hydrogen) atoms. The van der Waals surface area contributed by atoms with Crippen LogP contribution in [0.4, 0.5) is 4.39 Å². The van der Waals surface area contributed by atoms with Crippen molar-refractivity contribution in [2.45, 2.75) is 5.03 Å². The SMILES string of the molecule is NS(=O)(=O)CCS(=O)(=O)c1ccc(F)cn1. The summed E-state index contributed by atoms with van der Waals surface area (Å²) in [5, 5.41) is 4.29. The van der Waals surface area contributed by atoms with Gasteiger partial charge in [0.25, 0.3) is 0 Å². The number of nitrogens with zero attached hydrogens (tertiary/aromatic N) is 1. The molecule has 9 heteroatoms. The smallest absolute Gasteiger partial charge is 0.210 e. The van der Waals surface area contributed by atoms with E-state index in [-0.39, 0.29) is 5.03 Å². The number of halogens is 1. The Morgan fingerprint density at radius 2 is 1.81 bits per heavy atom. The van der Waals surface area contributed by atoms with Gasteiger partial charge < -0.3 is 0 Å². The number of nitrogens with two attached hydrogens (primary N) is 1. The molecule has 0 saturated heterocycles. The van der Waals surface area contributed by atoms with E-state index >= 15 is 0 Å². The Hall–Kier alpha value is -1.06. The van der Waals surface area contributed by atoms with Gasteiger partial charge in [0.2, 0.25) is 10.0 Å². The predicted octanol–water partition coefficient (Wildman–Crippen LogP) is -0.717. The quantitative estimate of drug-likeness (QED) is 0.775. The molecule has 0 aliphatic carbocycles. The van der Waals surface area contributed by atoms with Gasteiger partial charge in [-0.2, -0.15) is 0 Å². The zero-order chi connectivity index (χ0) is 12.4. The van der Waals surface area contributed by atoms with Gasteiger partial charge >= 0.3 is 0 Å². The fourth-order valence-electron chi connectivity index (χ4n) is 0.877. The molecule has 0 atom stereocenters. The first-order valence-corrected chi connectivity index (χ1v) is 7.42. The highest BCUT2D eigenvalue weighted by Gasteiger charge is 2.18. The lowest BCUT2D eigenvalue weighted by Gasteiger charge is -2.02. The van der Waals surface area contributed by atoms with Crippen LogP contribution in [0.15, 0.2) is 23.4 Å². The van der Waals surface area contributed by atoms with Gasteiger partial charge in [-0.1, -0.05) is 0 Å². The van der Waals surface area contributed by atoms with Gasteiger partial charge in [-0.05, 0) is 12.1 Å². The molecule has 0 spiro atoms. The van der Waals surface area contributed by atoms with Crippen LogP contribution < -0.4 is 5.14 Å². The summed E-state index contributed by atoms with van der Waals surface area (Å²) in [7, 11) is -7.70. The van der Waals surface area contributed by atoms with Gasteiger partial charge in [0, 0.05) is 0 Å². The Labute approximate surface area is 92.3 Å². The summed E-state index contributed by atoms with van der Waals surface area (Å²) in [4.78, 5) is 3.35. The van der Waals surface area contributed by atoms with Gasteiger partial charge in [-0.3, -0.25) is 0 Å². The molecule has 0 fully saturated rings. The Balaban J connectivity index is 2.91. The maximum Gasteiger partial charge on any atom is 0.210 e. The topological polar surface area (TPSA) is 107 Å². The summed E-state index contributed by atoms with van der Waals surface area (Å²) in [5.74, 6) is -2.05. The van der Waals surface area contributed by atoms with Crippen LogP contribution in [0, 0.1) is 5.82 Å². The molecular formula is C7H9FN2O4S2. The maximum absolute atomic E-state index is 12.5. The van der Waals surface area contributed by atoms with E-state index in [1.54, 1.807) is 0 Å². The van der Waals surface area contributed by atoms with Crippen molar-refractivity contribution >= 4 is 19.9 Å². The minimum Gasteiger partial charge on any atom is -0.242 e. The van der Waals surface area contributed by atoms with Crippen LogP contribution >= 0.6 is 0 Å². The van der Waals surface area contributed by atoms with Gasteiger partial charge in [0.1, 0.15) is 5.82 Å². The normalized spacial score (nSPS) is 12.6. The van der Waals surface area contributed by atoms with Crippen LogP contribution in [0.5, 0.6) is 0 Å². The third-order valence-corrected chi connectivity index (χ3v) is 4.31. The first-order valence-electron chi connectivity index (χ1n) is 4.05. The number of aromatic nitrogens is 1. The molecule has 0 aliphatic rings. The van der Waals surface area contributed by atoms with E-state index in [4.69, 9.17) is 0 Å². The molecule has 2 N–H and O–H groups in total. The third kappa shape index (κ3) is 3.83. The van der Waals surface area contributed by atoms with Crippen LogP contribution in [0.3, 0.4) is 0 Å². The number of primary sulfonamides is 1. The molecule has 0 bridgehead atoms. The lowest BCUT2D eigenvalue weighted by molar-refractivity contribution is 0.583. The number of hydrogen-bond acceptors (Lipinski definition) is 5. The van der Waals surface area contributed by atoms with Crippen LogP contribution in [-0.2, 0) is 19.9 Å². The molecule has 6 nitrogen and oxygen atoms in total. The van der Waals surface area contributed by atoms with Gasteiger partial charge in [-0.25, -0.2) is 31.3 Å². The zero-order valence-corrected chi connectivity index (χ0v) is 9.63. The predicted molar refractivity (Wildman–Crippen MR) is 54.2 cm³/mol. The minimum atomic E-state index is -3.85. The van der Waals surface area contributed by atoms with E-state index in [2.05, 4.69) is 10.1 Å². The fourth-order valence-corrected chi connectivity index (χ4v) is 3.38. The number of sulfone groups is 1. The third-order valence-electron chi connectivity index (χ3n) is 1.66. The molecule has 1 rings (SSSR count). The van der Waals surface area contributed by atoms with Crippen LogP contribution in [0.2, 0.25) is 0 Å². The van der Waals surface area contributed by atoms with Gasteiger partial charge in [0.15, 0.2) is 14.9 Å². The second-order valence-electron chi connectivity index (χ2n) is 3.00. The summed E-state index contributed by atoms with van der Waals surface area (Å²) in [6, 6.07) is 1.89. The molecule has 0 aliphatic heterocycles. The average molecular weight is 268 g/mol. The molecule has 1 aromatic rings. The number of sulfonamides is 1. The minimum absolute atomic E-state index is 0.377. The molecule has 0 amide bonds. The van der Waals surface area contributed by atoms with Crippen molar-refractivity contribution in [2.24, 2.45) is 5.14 Å². The molecule has 0 saturated carbocycles. The van der Waals surface area contributed by atoms with Crippen molar-refractivity contribution in [2.75, 3.05) is 11.5 Å². The molecule has 1 heterocycles. The van der Waals surface area contributed by atoms with Gasteiger partial charge in [-0.15, -0.1) is 0 Å². The Kier molecular flexibility index (Phi) is 3.61. The van der Waals surface area contributed by atoms with Crippen LogP contribution in [-0.4, -0.2) is 33.3 Å². The van der Waals surface area contributed by atoms with Crippen molar-refractivity contribution in [3.8, 4) is 0 Å². The van der Waals surface area contributed by atoms with E-state index in [1.165, 1.54) is 0 Å². The standard InChI is InChI=1S/C7H9FN2O4S2/c8-6-1-2-7(10-5-6)15(11,12)3-4-16(9,13)14/h1-2,5H,3-4H2,(H2,9,13,14). The Bertz CT molecular complexity index is 565. The van der Waals surface area contributed by atoms with E-state index in [0.717, 1.165) is 18.3 Å². The summed E-state index contributed by atoms with van der Waals surface area (Å²) in [5.41, 5.74) is 0. The molecule has 0 aromatic carbocycles. The largest absolute Gasteiger partial charge is 0.242 e. The van der Waals surface area contributed by atoms with Crippen molar-refractivity contribution in [1.29, 1.82) is 0 Å².